The first-order valence-corrected chi connectivity index (χ1v) is 6.50. The molecule has 0 saturated heterocycles. The molecule has 0 amide bonds. The number of hydrogen-bond acceptors (Lipinski definition) is 3. The van der Waals surface area contributed by atoms with Crippen molar-refractivity contribution in [3.63, 3.8) is 0 Å². The van der Waals surface area contributed by atoms with Crippen molar-refractivity contribution in [1.29, 1.82) is 0 Å². The topological polar surface area (TPSA) is 72.6 Å². The van der Waals surface area contributed by atoms with Crippen LogP contribution in [0.2, 0.25) is 0 Å². The van der Waals surface area contributed by atoms with Gasteiger partial charge in [-0.2, -0.15) is 8.42 Å². The van der Waals surface area contributed by atoms with E-state index in [2.05, 4.69) is 0 Å². The van der Waals surface area contributed by atoms with Gasteiger partial charge in [0.25, 0.3) is 10.2 Å². The number of nitrogens with two attached hydrogens (primary N) is 1. The molecule has 1 heterocycles. The number of fused-ring (bicyclic) bond motifs is 1. The van der Waals surface area contributed by atoms with Gasteiger partial charge >= 0.3 is 0 Å². The molecule has 1 aromatic carbocycles. The Morgan fingerprint density at radius 3 is 2.81 bits per heavy atom. The number of hydrogen-bond donors (Lipinski definition) is 1. The van der Waals surface area contributed by atoms with E-state index in [-0.39, 0.29) is 0 Å². The van der Waals surface area contributed by atoms with Gasteiger partial charge in [-0.15, -0.1) is 0 Å². The van der Waals surface area contributed by atoms with Gasteiger partial charge in [0.05, 0.1) is 12.8 Å². The first kappa shape index (κ1) is 11.2. The number of benzene rings is 1. The van der Waals surface area contributed by atoms with E-state index < -0.39 is 10.2 Å². The van der Waals surface area contributed by atoms with Crippen LogP contribution in [0.5, 0.6) is 5.75 Å². The Bertz CT molecular complexity index is 499. The Morgan fingerprint density at radius 2 is 2.19 bits per heavy atom. The molecule has 16 heavy (non-hydrogen) atoms. The van der Waals surface area contributed by atoms with E-state index in [0.717, 1.165) is 24.2 Å². The highest BCUT2D eigenvalue weighted by atomic mass is 32.2. The number of aryl methyl sites for hydroxylation is 1. The summed E-state index contributed by atoms with van der Waals surface area (Å²) in [5.41, 5.74) is 1.62. The smallest absolute Gasteiger partial charge is 0.299 e. The lowest BCUT2D eigenvalue weighted by Crippen LogP contribution is -2.40. The fourth-order valence-electron chi connectivity index (χ4n) is 1.93. The van der Waals surface area contributed by atoms with Crippen molar-refractivity contribution in [2.75, 3.05) is 18.0 Å². The third-order valence-electron chi connectivity index (χ3n) is 2.67. The van der Waals surface area contributed by atoms with Crippen molar-refractivity contribution in [3.8, 4) is 5.75 Å². The molecule has 0 spiro atoms. The SMILES string of the molecule is COc1ccc2c(c1)CCCN2S(N)(=O)=O. The lowest BCUT2D eigenvalue weighted by Gasteiger charge is -2.28. The minimum Gasteiger partial charge on any atom is -0.497 e. The van der Waals surface area contributed by atoms with Crippen molar-refractivity contribution in [3.05, 3.63) is 23.8 Å². The molecule has 2 rings (SSSR count). The maximum Gasteiger partial charge on any atom is 0.299 e. The van der Waals surface area contributed by atoms with Crippen molar-refractivity contribution in [2.24, 2.45) is 5.14 Å². The summed E-state index contributed by atoms with van der Waals surface area (Å²) in [5.74, 6) is 0.731. The Labute approximate surface area is 95.0 Å². The third-order valence-corrected chi connectivity index (χ3v) is 3.66. The first-order chi connectivity index (χ1) is 7.52. The monoisotopic (exact) mass is 242 g/mol. The highest BCUT2D eigenvalue weighted by Crippen LogP contribution is 2.31. The molecule has 0 fully saturated rings. The van der Waals surface area contributed by atoms with Crippen LogP contribution in [0, 0.1) is 0 Å². The fourth-order valence-corrected chi connectivity index (χ4v) is 2.77. The van der Waals surface area contributed by atoms with Crippen LogP contribution in [0.3, 0.4) is 0 Å². The summed E-state index contributed by atoms with van der Waals surface area (Å²) in [5, 5.41) is 5.16. The average molecular weight is 242 g/mol. The molecule has 0 radical (unpaired) electrons. The maximum absolute atomic E-state index is 11.4. The van der Waals surface area contributed by atoms with Crippen molar-refractivity contribution < 1.29 is 13.2 Å². The number of rotatable bonds is 2. The van der Waals surface area contributed by atoms with E-state index in [1.54, 1.807) is 19.2 Å². The van der Waals surface area contributed by atoms with Crippen molar-refractivity contribution in [1.82, 2.24) is 0 Å². The average Bonchev–Trinajstić information content (AvgIpc) is 2.26. The largest absolute Gasteiger partial charge is 0.497 e. The first-order valence-electron chi connectivity index (χ1n) is 5.00. The molecule has 0 aromatic heterocycles. The Hall–Kier alpha value is -1.27. The van der Waals surface area contributed by atoms with Crippen LogP contribution in [0.25, 0.3) is 0 Å². The van der Waals surface area contributed by atoms with Crippen molar-refractivity contribution >= 4 is 15.9 Å². The number of anilines is 1. The quantitative estimate of drug-likeness (QED) is 0.827. The Morgan fingerprint density at radius 1 is 1.44 bits per heavy atom. The molecule has 0 saturated carbocycles. The van der Waals surface area contributed by atoms with Gasteiger partial charge in [0.2, 0.25) is 0 Å². The van der Waals surface area contributed by atoms with E-state index in [4.69, 9.17) is 9.88 Å². The van der Waals surface area contributed by atoms with Crippen LogP contribution >= 0.6 is 0 Å². The van der Waals surface area contributed by atoms with Crippen LogP contribution in [0.1, 0.15) is 12.0 Å². The molecule has 6 heteroatoms. The van der Waals surface area contributed by atoms with Gasteiger partial charge in [0.1, 0.15) is 5.75 Å². The predicted octanol–water partition coefficient (Wildman–Crippen LogP) is 0.651. The minimum atomic E-state index is -3.67. The van der Waals surface area contributed by atoms with Crippen LogP contribution in [-0.2, 0) is 16.6 Å². The Balaban J connectivity index is 2.48. The van der Waals surface area contributed by atoms with E-state index in [1.165, 1.54) is 4.31 Å². The number of nitrogens with zero attached hydrogens (tertiary/aromatic N) is 1. The van der Waals surface area contributed by atoms with E-state index in [1.807, 2.05) is 6.07 Å². The van der Waals surface area contributed by atoms with E-state index in [9.17, 15) is 8.42 Å². The summed E-state index contributed by atoms with van der Waals surface area (Å²) in [6.45, 7) is 0.443. The molecule has 88 valence electrons. The predicted molar refractivity (Wildman–Crippen MR) is 61.8 cm³/mol. The molecule has 1 aliphatic heterocycles. The highest BCUT2D eigenvalue weighted by Gasteiger charge is 2.24. The van der Waals surface area contributed by atoms with Gasteiger partial charge in [-0.05, 0) is 36.6 Å². The molecule has 1 aliphatic rings. The van der Waals surface area contributed by atoms with Crippen LogP contribution < -0.4 is 14.2 Å². The second-order valence-electron chi connectivity index (χ2n) is 3.72. The highest BCUT2D eigenvalue weighted by molar-refractivity contribution is 7.90. The lowest BCUT2D eigenvalue weighted by atomic mass is 10.0. The van der Waals surface area contributed by atoms with Gasteiger partial charge in [-0.25, -0.2) is 5.14 Å². The summed E-state index contributed by atoms with van der Waals surface area (Å²) < 4.78 is 29.1. The zero-order valence-electron chi connectivity index (χ0n) is 9.01. The summed E-state index contributed by atoms with van der Waals surface area (Å²) in [6, 6.07) is 5.33. The molecule has 0 atom stereocenters. The van der Waals surface area contributed by atoms with Gasteiger partial charge in [-0.1, -0.05) is 0 Å². The second kappa shape index (κ2) is 3.95. The van der Waals surface area contributed by atoms with Crippen LogP contribution in [0.15, 0.2) is 18.2 Å². The molecule has 2 N–H and O–H groups in total. The standard InChI is InChI=1S/C10H14N2O3S/c1-15-9-4-5-10-8(7-9)3-2-6-12(10)16(11,13)14/h4-5,7H,2-3,6H2,1H3,(H2,11,13,14). The molecule has 1 aromatic rings. The van der Waals surface area contributed by atoms with Gasteiger partial charge < -0.3 is 4.74 Å². The maximum atomic E-state index is 11.4. The lowest BCUT2D eigenvalue weighted by molar-refractivity contribution is 0.414. The van der Waals surface area contributed by atoms with E-state index in [0.29, 0.717) is 12.2 Å². The zero-order valence-corrected chi connectivity index (χ0v) is 9.83. The van der Waals surface area contributed by atoms with Crippen molar-refractivity contribution in [2.45, 2.75) is 12.8 Å². The van der Waals surface area contributed by atoms with Crippen LogP contribution in [0.4, 0.5) is 5.69 Å². The molecular weight excluding hydrogens is 228 g/mol. The zero-order chi connectivity index (χ0) is 11.8. The van der Waals surface area contributed by atoms with E-state index >= 15 is 0 Å². The summed E-state index contributed by atoms with van der Waals surface area (Å²) in [6.07, 6.45) is 1.62. The van der Waals surface area contributed by atoms with Gasteiger partial charge in [-0.3, -0.25) is 4.31 Å². The summed E-state index contributed by atoms with van der Waals surface area (Å²) in [4.78, 5) is 0. The molecular formula is C10H14N2O3S. The minimum absolute atomic E-state index is 0.443. The normalized spacial score (nSPS) is 15.8. The fraction of sp³-hybridized carbons (Fsp3) is 0.400. The summed E-state index contributed by atoms with van der Waals surface area (Å²) >= 11 is 0. The summed E-state index contributed by atoms with van der Waals surface area (Å²) in [7, 11) is -2.08. The van der Waals surface area contributed by atoms with Gasteiger partial charge in [0, 0.05) is 6.54 Å². The second-order valence-corrected chi connectivity index (χ2v) is 5.19. The Kier molecular flexibility index (Phi) is 2.77. The third kappa shape index (κ3) is 1.98. The van der Waals surface area contributed by atoms with Gasteiger partial charge in [0.15, 0.2) is 0 Å². The molecule has 5 nitrogen and oxygen atoms in total. The number of ether oxygens (including phenoxy) is 1. The molecule has 0 bridgehead atoms. The molecule has 0 unspecified atom stereocenters. The van der Waals surface area contributed by atoms with Crippen LogP contribution in [-0.4, -0.2) is 22.1 Å². The molecule has 0 aliphatic carbocycles. The number of methoxy groups -OCH3 is 1.